The Hall–Kier alpha value is -3.42. The van der Waals surface area contributed by atoms with Crippen LogP contribution in [0.1, 0.15) is 53.1 Å². The number of hydrogen-bond donors (Lipinski definition) is 2. The highest BCUT2D eigenvalue weighted by Crippen LogP contribution is 2.26. The standard InChI is InChI=1S/C23H28N6O2/c1-15-11-16(2)29(26-15)14-17-7-6-10-19(12-17)24-23(31)20-13-21(28(3)27-20)25-22(30)18-8-4-5-9-18/h6-7,10-13,18H,4-5,8-9,14H2,1-3H3,(H,24,31)(H,25,30). The SMILES string of the molecule is Cc1cc(C)n(Cc2cccc(NC(=O)c3cc(NC(=O)C4CCCC4)n(C)n3)c2)n1. The Labute approximate surface area is 181 Å². The van der Waals surface area contributed by atoms with Gasteiger partial charge in [0, 0.05) is 30.4 Å². The summed E-state index contributed by atoms with van der Waals surface area (Å²) in [5.74, 6) is 0.266. The van der Waals surface area contributed by atoms with Crippen LogP contribution in [0.4, 0.5) is 11.5 Å². The highest BCUT2D eigenvalue weighted by Gasteiger charge is 2.24. The maximum Gasteiger partial charge on any atom is 0.276 e. The molecule has 0 radical (unpaired) electrons. The van der Waals surface area contributed by atoms with Crippen molar-refractivity contribution in [2.75, 3.05) is 10.6 Å². The smallest absolute Gasteiger partial charge is 0.276 e. The largest absolute Gasteiger partial charge is 0.321 e. The highest BCUT2D eigenvalue weighted by molar-refractivity contribution is 6.04. The fourth-order valence-corrected chi connectivity index (χ4v) is 4.06. The average Bonchev–Trinajstić information content (AvgIpc) is 3.44. The van der Waals surface area contributed by atoms with Crippen LogP contribution in [0, 0.1) is 19.8 Å². The number of hydrogen-bond acceptors (Lipinski definition) is 4. The molecule has 2 aromatic heterocycles. The molecule has 1 aromatic carbocycles. The first kappa shape index (κ1) is 20.8. The Morgan fingerprint density at radius 2 is 1.84 bits per heavy atom. The van der Waals surface area contributed by atoms with Crippen molar-refractivity contribution in [1.82, 2.24) is 19.6 Å². The van der Waals surface area contributed by atoms with E-state index < -0.39 is 0 Å². The number of nitrogens with zero attached hydrogens (tertiary/aromatic N) is 4. The second kappa shape index (κ2) is 8.75. The van der Waals surface area contributed by atoms with Gasteiger partial charge in [0.05, 0.1) is 12.2 Å². The normalized spacial score (nSPS) is 14.0. The average molecular weight is 421 g/mol. The van der Waals surface area contributed by atoms with Crippen molar-refractivity contribution in [3.05, 3.63) is 59.0 Å². The van der Waals surface area contributed by atoms with Crippen LogP contribution in [0.15, 0.2) is 36.4 Å². The van der Waals surface area contributed by atoms with Gasteiger partial charge in [-0.2, -0.15) is 10.2 Å². The van der Waals surface area contributed by atoms with Crippen LogP contribution in [-0.2, 0) is 18.4 Å². The van der Waals surface area contributed by atoms with Crippen molar-refractivity contribution < 1.29 is 9.59 Å². The van der Waals surface area contributed by atoms with Crippen LogP contribution in [-0.4, -0.2) is 31.4 Å². The number of carbonyl (C=O) groups excluding carboxylic acids is 2. The van der Waals surface area contributed by atoms with Gasteiger partial charge in [-0.05, 0) is 50.5 Å². The van der Waals surface area contributed by atoms with Crippen LogP contribution in [0.5, 0.6) is 0 Å². The fourth-order valence-electron chi connectivity index (χ4n) is 4.06. The first-order valence-electron chi connectivity index (χ1n) is 10.7. The number of benzene rings is 1. The monoisotopic (exact) mass is 420 g/mol. The Morgan fingerprint density at radius 1 is 1.06 bits per heavy atom. The molecule has 8 heteroatoms. The third-order valence-electron chi connectivity index (χ3n) is 5.71. The molecule has 0 bridgehead atoms. The minimum Gasteiger partial charge on any atom is -0.321 e. The van der Waals surface area contributed by atoms with Gasteiger partial charge in [0.1, 0.15) is 5.82 Å². The van der Waals surface area contributed by atoms with E-state index in [4.69, 9.17) is 0 Å². The zero-order valence-corrected chi connectivity index (χ0v) is 18.2. The first-order valence-corrected chi connectivity index (χ1v) is 10.7. The minimum atomic E-state index is -0.319. The summed E-state index contributed by atoms with van der Waals surface area (Å²) in [4.78, 5) is 25.1. The molecule has 1 aliphatic rings. The molecule has 2 amide bonds. The number of aryl methyl sites for hydroxylation is 3. The van der Waals surface area contributed by atoms with E-state index in [0.717, 1.165) is 42.6 Å². The molecule has 1 aliphatic carbocycles. The predicted octanol–water partition coefficient (Wildman–Crippen LogP) is 3.66. The van der Waals surface area contributed by atoms with Gasteiger partial charge in [-0.15, -0.1) is 0 Å². The number of amides is 2. The number of anilines is 2. The van der Waals surface area contributed by atoms with Crippen molar-refractivity contribution in [1.29, 1.82) is 0 Å². The summed E-state index contributed by atoms with van der Waals surface area (Å²) in [6.45, 7) is 4.62. The molecule has 0 aliphatic heterocycles. The van der Waals surface area contributed by atoms with Crippen molar-refractivity contribution in [2.45, 2.75) is 46.1 Å². The topological polar surface area (TPSA) is 93.8 Å². The molecule has 31 heavy (non-hydrogen) atoms. The zero-order chi connectivity index (χ0) is 22.0. The number of rotatable bonds is 6. The van der Waals surface area contributed by atoms with Crippen LogP contribution in [0.2, 0.25) is 0 Å². The Morgan fingerprint density at radius 3 is 2.55 bits per heavy atom. The Balaban J connectivity index is 1.42. The van der Waals surface area contributed by atoms with E-state index in [1.54, 1.807) is 13.1 Å². The molecule has 0 unspecified atom stereocenters. The molecule has 1 fully saturated rings. The van der Waals surface area contributed by atoms with E-state index in [1.165, 1.54) is 4.68 Å². The lowest BCUT2D eigenvalue weighted by Gasteiger charge is -2.09. The summed E-state index contributed by atoms with van der Waals surface area (Å²) in [6, 6.07) is 11.3. The first-order chi connectivity index (χ1) is 14.9. The summed E-state index contributed by atoms with van der Waals surface area (Å²) < 4.78 is 3.47. The third-order valence-corrected chi connectivity index (χ3v) is 5.71. The summed E-state index contributed by atoms with van der Waals surface area (Å²) >= 11 is 0. The number of nitrogens with one attached hydrogen (secondary N) is 2. The van der Waals surface area contributed by atoms with Gasteiger partial charge in [-0.1, -0.05) is 25.0 Å². The minimum absolute atomic E-state index is 0.00399. The van der Waals surface area contributed by atoms with Gasteiger partial charge in [0.2, 0.25) is 5.91 Å². The van der Waals surface area contributed by atoms with Crippen LogP contribution in [0.3, 0.4) is 0 Å². The maximum atomic E-state index is 12.7. The lowest BCUT2D eigenvalue weighted by atomic mass is 10.1. The van der Waals surface area contributed by atoms with E-state index >= 15 is 0 Å². The highest BCUT2D eigenvalue weighted by atomic mass is 16.2. The predicted molar refractivity (Wildman–Crippen MR) is 119 cm³/mol. The lowest BCUT2D eigenvalue weighted by Crippen LogP contribution is -2.21. The molecule has 2 N–H and O–H groups in total. The molecule has 0 spiro atoms. The third kappa shape index (κ3) is 4.84. The summed E-state index contributed by atoms with van der Waals surface area (Å²) in [5.41, 5.74) is 4.05. The van der Waals surface area contributed by atoms with Gasteiger partial charge in [-0.3, -0.25) is 19.0 Å². The van der Waals surface area contributed by atoms with Crippen molar-refractivity contribution in [2.24, 2.45) is 13.0 Å². The van der Waals surface area contributed by atoms with Crippen molar-refractivity contribution >= 4 is 23.3 Å². The summed E-state index contributed by atoms with van der Waals surface area (Å²) in [6.07, 6.45) is 4.03. The van der Waals surface area contributed by atoms with Gasteiger partial charge in [0.15, 0.2) is 5.69 Å². The molecule has 162 valence electrons. The molecule has 0 atom stereocenters. The molecule has 0 saturated heterocycles. The fraction of sp³-hybridized carbons (Fsp3) is 0.391. The quantitative estimate of drug-likeness (QED) is 0.636. The maximum absolute atomic E-state index is 12.7. The van der Waals surface area contributed by atoms with Crippen molar-refractivity contribution in [3.8, 4) is 0 Å². The van der Waals surface area contributed by atoms with Gasteiger partial charge in [-0.25, -0.2) is 0 Å². The van der Waals surface area contributed by atoms with E-state index in [0.29, 0.717) is 18.1 Å². The molecule has 2 heterocycles. The number of carbonyl (C=O) groups is 2. The van der Waals surface area contributed by atoms with Gasteiger partial charge >= 0.3 is 0 Å². The molecule has 8 nitrogen and oxygen atoms in total. The Kier molecular flexibility index (Phi) is 5.88. The van der Waals surface area contributed by atoms with Crippen molar-refractivity contribution in [3.63, 3.8) is 0 Å². The lowest BCUT2D eigenvalue weighted by molar-refractivity contribution is -0.119. The second-order valence-corrected chi connectivity index (χ2v) is 8.25. The van der Waals surface area contributed by atoms with Crippen LogP contribution in [0.25, 0.3) is 0 Å². The summed E-state index contributed by atoms with van der Waals surface area (Å²) in [7, 11) is 1.72. The number of aromatic nitrogens is 4. The molecule has 4 rings (SSSR count). The Bertz CT molecular complexity index is 1110. The van der Waals surface area contributed by atoms with Crippen LogP contribution < -0.4 is 10.6 Å². The van der Waals surface area contributed by atoms with Crippen LogP contribution >= 0.6 is 0 Å². The van der Waals surface area contributed by atoms with E-state index in [1.807, 2.05) is 48.9 Å². The molecular weight excluding hydrogens is 392 g/mol. The second-order valence-electron chi connectivity index (χ2n) is 8.25. The van der Waals surface area contributed by atoms with E-state index in [-0.39, 0.29) is 23.4 Å². The molecule has 1 saturated carbocycles. The van der Waals surface area contributed by atoms with E-state index in [9.17, 15) is 9.59 Å². The zero-order valence-electron chi connectivity index (χ0n) is 18.2. The summed E-state index contributed by atoms with van der Waals surface area (Å²) in [5, 5.41) is 14.6. The van der Waals surface area contributed by atoms with E-state index in [2.05, 4.69) is 20.8 Å². The van der Waals surface area contributed by atoms with Gasteiger partial charge < -0.3 is 10.6 Å². The van der Waals surface area contributed by atoms with Gasteiger partial charge in [0.25, 0.3) is 5.91 Å². The molecule has 3 aromatic rings. The molecular formula is C23H28N6O2.